The number of phenols is 1. The Bertz CT molecular complexity index is 683. The molecule has 2 rings (SSSR count). The van der Waals surface area contributed by atoms with Gasteiger partial charge in [0.05, 0.1) is 11.9 Å². The maximum atomic E-state index is 9.32. The average molecular weight is 279 g/mol. The van der Waals surface area contributed by atoms with Crippen LogP contribution in [0, 0.1) is 0 Å². The second-order valence-electron chi connectivity index (χ2n) is 4.56. The van der Waals surface area contributed by atoms with Crippen LogP contribution in [0.1, 0.15) is 18.1 Å². The number of hydrogen-bond donors (Lipinski definition) is 2. The van der Waals surface area contributed by atoms with Crippen molar-refractivity contribution >= 4 is 23.8 Å². The minimum atomic E-state index is 0.230. The van der Waals surface area contributed by atoms with Gasteiger partial charge in [-0.05, 0) is 55.6 Å². The highest BCUT2D eigenvalue weighted by molar-refractivity contribution is 6.01. The van der Waals surface area contributed by atoms with E-state index in [9.17, 15) is 5.11 Å². The number of nitrogens with zero attached hydrogens (tertiary/aromatic N) is 2. The van der Waals surface area contributed by atoms with Gasteiger partial charge in [0, 0.05) is 17.0 Å². The molecular weight excluding hydrogens is 262 g/mol. The summed E-state index contributed by atoms with van der Waals surface area (Å²) in [6.45, 7) is 5.39. The second kappa shape index (κ2) is 6.52. The van der Waals surface area contributed by atoms with Gasteiger partial charge in [-0.1, -0.05) is 12.1 Å². The third-order valence-electron chi connectivity index (χ3n) is 2.99. The van der Waals surface area contributed by atoms with Crippen LogP contribution in [0.4, 0.5) is 5.69 Å². The Labute approximate surface area is 124 Å². The van der Waals surface area contributed by atoms with Crippen LogP contribution in [0.15, 0.2) is 64.7 Å². The zero-order valence-electron chi connectivity index (χ0n) is 11.8. The van der Waals surface area contributed by atoms with Crippen molar-refractivity contribution in [1.82, 2.24) is 0 Å². The Hall–Kier alpha value is -2.88. The molecule has 0 saturated carbocycles. The van der Waals surface area contributed by atoms with Crippen LogP contribution < -0.4 is 5.73 Å². The van der Waals surface area contributed by atoms with Crippen molar-refractivity contribution in [2.24, 2.45) is 9.98 Å². The fourth-order valence-corrected chi connectivity index (χ4v) is 1.86. The summed E-state index contributed by atoms with van der Waals surface area (Å²) >= 11 is 0. The van der Waals surface area contributed by atoms with Crippen molar-refractivity contribution in [3.63, 3.8) is 0 Å². The SMILES string of the molecule is C=N/C=C(\N=C(C)c1ccc(O)cc1)c1ccc(N)cc1. The standard InChI is InChI=1S/C17H17N3O/c1-12(13-5-9-16(21)10-6-13)20-17(11-19-2)14-3-7-15(18)8-4-14/h3-11,21H,2,18H2,1H3/b17-11-,20-12?. The normalized spacial score (nSPS) is 12.2. The van der Waals surface area contributed by atoms with Crippen LogP contribution in [0.25, 0.3) is 5.70 Å². The van der Waals surface area contributed by atoms with Crippen LogP contribution in [0.5, 0.6) is 5.75 Å². The largest absolute Gasteiger partial charge is 0.508 e. The molecule has 2 aromatic carbocycles. The van der Waals surface area contributed by atoms with Crippen molar-refractivity contribution < 1.29 is 5.11 Å². The summed E-state index contributed by atoms with van der Waals surface area (Å²) in [5.41, 5.74) is 9.76. The molecule has 0 radical (unpaired) electrons. The van der Waals surface area contributed by atoms with Gasteiger partial charge in [0.15, 0.2) is 0 Å². The molecular formula is C17H17N3O. The van der Waals surface area contributed by atoms with Gasteiger partial charge in [0.25, 0.3) is 0 Å². The monoisotopic (exact) mass is 279 g/mol. The number of aromatic hydroxyl groups is 1. The van der Waals surface area contributed by atoms with E-state index in [1.54, 1.807) is 18.3 Å². The Morgan fingerprint density at radius 2 is 1.62 bits per heavy atom. The van der Waals surface area contributed by atoms with E-state index in [4.69, 9.17) is 5.73 Å². The number of hydrogen-bond acceptors (Lipinski definition) is 4. The number of nitrogens with two attached hydrogens (primary N) is 1. The van der Waals surface area contributed by atoms with Crippen molar-refractivity contribution in [2.75, 3.05) is 5.73 Å². The van der Waals surface area contributed by atoms with Gasteiger partial charge in [-0.25, -0.2) is 0 Å². The molecule has 0 amide bonds. The molecule has 0 spiro atoms. The molecule has 0 aliphatic rings. The van der Waals surface area contributed by atoms with Crippen LogP contribution >= 0.6 is 0 Å². The highest BCUT2D eigenvalue weighted by Gasteiger charge is 2.03. The van der Waals surface area contributed by atoms with E-state index in [0.29, 0.717) is 11.4 Å². The molecule has 0 atom stereocenters. The lowest BCUT2D eigenvalue weighted by molar-refractivity contribution is 0.475. The van der Waals surface area contributed by atoms with Crippen LogP contribution in [0.3, 0.4) is 0 Å². The van der Waals surface area contributed by atoms with Crippen molar-refractivity contribution in [3.8, 4) is 5.75 Å². The lowest BCUT2D eigenvalue weighted by Gasteiger charge is -2.05. The summed E-state index contributed by atoms with van der Waals surface area (Å²) < 4.78 is 0. The Morgan fingerprint density at radius 1 is 1.05 bits per heavy atom. The molecule has 0 fully saturated rings. The minimum Gasteiger partial charge on any atom is -0.508 e. The van der Waals surface area contributed by atoms with Crippen molar-refractivity contribution in [2.45, 2.75) is 6.92 Å². The molecule has 2 aromatic rings. The summed E-state index contributed by atoms with van der Waals surface area (Å²) in [6, 6.07) is 14.3. The predicted molar refractivity (Wildman–Crippen MR) is 88.7 cm³/mol. The smallest absolute Gasteiger partial charge is 0.115 e. The summed E-state index contributed by atoms with van der Waals surface area (Å²) in [4.78, 5) is 8.39. The Morgan fingerprint density at radius 3 is 2.19 bits per heavy atom. The lowest BCUT2D eigenvalue weighted by Crippen LogP contribution is -1.95. The molecule has 0 aliphatic carbocycles. The topological polar surface area (TPSA) is 71.0 Å². The van der Waals surface area contributed by atoms with Gasteiger partial charge in [-0.3, -0.25) is 9.98 Å². The number of anilines is 1. The van der Waals surface area contributed by atoms with Crippen LogP contribution in [0.2, 0.25) is 0 Å². The first kappa shape index (κ1) is 14.5. The van der Waals surface area contributed by atoms with Gasteiger partial charge in [0.2, 0.25) is 0 Å². The molecule has 3 N–H and O–H groups in total. The molecule has 0 aliphatic heterocycles. The average Bonchev–Trinajstić information content (AvgIpc) is 2.48. The summed E-state index contributed by atoms with van der Waals surface area (Å²) in [7, 11) is 0. The Balaban J connectivity index is 2.37. The first-order chi connectivity index (χ1) is 10.1. The van der Waals surface area contributed by atoms with E-state index in [2.05, 4.69) is 16.7 Å². The summed E-state index contributed by atoms with van der Waals surface area (Å²) in [5, 5.41) is 9.32. The number of aliphatic imine (C=N–C) groups is 2. The molecule has 0 aromatic heterocycles. The molecule has 0 saturated heterocycles. The number of phenolic OH excluding ortho intramolecular Hbond substituents is 1. The maximum absolute atomic E-state index is 9.32. The van der Waals surface area contributed by atoms with E-state index < -0.39 is 0 Å². The predicted octanol–water partition coefficient (Wildman–Crippen LogP) is 3.48. The van der Waals surface area contributed by atoms with E-state index in [0.717, 1.165) is 16.8 Å². The third-order valence-corrected chi connectivity index (χ3v) is 2.99. The van der Waals surface area contributed by atoms with E-state index in [-0.39, 0.29) is 5.75 Å². The Kier molecular flexibility index (Phi) is 4.51. The first-order valence-corrected chi connectivity index (χ1v) is 6.47. The molecule has 4 nitrogen and oxygen atoms in total. The minimum absolute atomic E-state index is 0.230. The third kappa shape index (κ3) is 3.79. The van der Waals surface area contributed by atoms with Gasteiger partial charge in [-0.2, -0.15) is 0 Å². The zero-order chi connectivity index (χ0) is 15.2. The fraction of sp³-hybridized carbons (Fsp3) is 0.0588. The highest BCUT2D eigenvalue weighted by Crippen LogP contribution is 2.19. The number of nitrogen functional groups attached to an aromatic ring is 1. The summed E-state index contributed by atoms with van der Waals surface area (Å²) in [5.74, 6) is 0.230. The first-order valence-electron chi connectivity index (χ1n) is 6.47. The lowest BCUT2D eigenvalue weighted by atomic mass is 10.1. The summed E-state index contributed by atoms with van der Waals surface area (Å²) in [6.07, 6.45) is 1.61. The van der Waals surface area contributed by atoms with E-state index in [1.165, 1.54) is 0 Å². The maximum Gasteiger partial charge on any atom is 0.115 e. The molecule has 0 heterocycles. The van der Waals surface area contributed by atoms with Crippen LogP contribution in [-0.2, 0) is 0 Å². The van der Waals surface area contributed by atoms with E-state index in [1.807, 2.05) is 43.3 Å². The molecule has 0 bridgehead atoms. The molecule has 4 heteroatoms. The van der Waals surface area contributed by atoms with Gasteiger partial charge in [-0.15, -0.1) is 0 Å². The number of rotatable bonds is 4. The molecule has 0 unspecified atom stereocenters. The zero-order valence-corrected chi connectivity index (χ0v) is 11.8. The quantitative estimate of drug-likeness (QED) is 0.664. The molecule has 21 heavy (non-hydrogen) atoms. The van der Waals surface area contributed by atoms with Gasteiger partial charge >= 0.3 is 0 Å². The second-order valence-corrected chi connectivity index (χ2v) is 4.56. The molecule has 106 valence electrons. The van der Waals surface area contributed by atoms with Crippen molar-refractivity contribution in [3.05, 3.63) is 65.9 Å². The van der Waals surface area contributed by atoms with Crippen molar-refractivity contribution in [1.29, 1.82) is 0 Å². The fourth-order valence-electron chi connectivity index (χ4n) is 1.86. The van der Waals surface area contributed by atoms with Gasteiger partial charge in [0.1, 0.15) is 5.75 Å². The number of benzene rings is 2. The van der Waals surface area contributed by atoms with Crippen LogP contribution in [-0.4, -0.2) is 17.5 Å². The van der Waals surface area contributed by atoms with E-state index >= 15 is 0 Å². The highest BCUT2D eigenvalue weighted by atomic mass is 16.3. The van der Waals surface area contributed by atoms with Gasteiger partial charge < -0.3 is 10.8 Å².